The molecule has 25 nitrogen and oxygen atoms in total. The number of hydrogen-bond donors (Lipinski definition) is 17. The van der Waals surface area contributed by atoms with Gasteiger partial charge in [0.05, 0.1) is 32.0 Å². The highest BCUT2D eigenvalue weighted by molar-refractivity contribution is 7.80. The van der Waals surface area contributed by atoms with Gasteiger partial charge >= 0.3 is 0 Å². The number of nitrogens with two attached hydrogens (primary N) is 5. The number of rotatable bonds is 20. The van der Waals surface area contributed by atoms with E-state index in [9.17, 15) is 40.5 Å². The van der Waals surface area contributed by atoms with Gasteiger partial charge in [-0.05, 0) is 45.4 Å². The second-order valence-electron chi connectivity index (χ2n) is 15.6. The first-order valence-electron chi connectivity index (χ1n) is 21.3. The number of carbonyl (C=O) groups is 1. The highest BCUT2D eigenvalue weighted by Gasteiger charge is 2.61. The number of aliphatic hydroxyl groups excluding tert-OH is 8. The molecule has 26 heteroatoms. The number of likely N-dealkylation sites (N-methyl/N-ethyl adjacent to an activating group) is 1. The zero-order valence-electron chi connectivity index (χ0n) is 37.4. The molecule has 22 N–H and O–H groups in total. The van der Waals surface area contributed by atoms with Crippen LogP contribution in [0.1, 0.15) is 51.8 Å². The van der Waals surface area contributed by atoms with Gasteiger partial charge in [-0.25, -0.2) is 9.98 Å². The monoisotopic (exact) mass is 952 g/mol. The number of pyridine rings is 1. The fourth-order valence-corrected chi connectivity index (χ4v) is 7.26. The molecule has 1 aliphatic carbocycles. The van der Waals surface area contributed by atoms with Gasteiger partial charge in [-0.3, -0.25) is 9.78 Å². The molecule has 1 aromatic rings. The van der Waals surface area contributed by atoms with Crippen LogP contribution in [0, 0.1) is 0 Å². The molecule has 4 rings (SSSR count). The minimum absolute atomic E-state index is 0.140. The number of aryl methyl sites for hydroxylation is 1. The van der Waals surface area contributed by atoms with Crippen molar-refractivity contribution < 1.29 is 69.7 Å². The van der Waals surface area contributed by atoms with Crippen molar-refractivity contribution >= 4 is 35.4 Å². The van der Waals surface area contributed by atoms with Crippen LogP contribution < -0.4 is 44.6 Å². The van der Waals surface area contributed by atoms with Crippen LogP contribution in [-0.2, 0) is 30.2 Å². The van der Waals surface area contributed by atoms with E-state index in [1.807, 2.05) is 32.9 Å². The maximum atomic E-state index is 12.1. The highest BCUT2D eigenvalue weighted by Crippen LogP contribution is 2.38. The number of hydrogen-bond acceptors (Lipinski definition) is 21. The summed E-state index contributed by atoms with van der Waals surface area (Å²) in [5.41, 5.74) is 26.7. The standard InChI is InChI=1S/C21H39N7O12.C10H24N2O2.C8H10N2S/c1-5-21(36,4-30)16(40-17-9(26-2)13(34)10(31)6(3-29)38-17)18(37-5)39-15-8(28-20(24)25)11(32)7(27-19(22)23)12(33)14(15)35;1-3-9(7-13)11-5-6-12-10(4-2)8-14;1-2-7-5-6(8(9)11)3-4-10-7/h4-18,26,29,31-36H,3H2,1-2H3,(H4,22,23,27)(H4,24,25,28);9-14H,3-8H2,1-2H3;3-5H,2H2,1H3,(H2,9,11)/t5-,6-,7+,8-,9-,10-,11+,12-,13-,14+,15+,16-,17-,18-,21+;9-,10-;/m00./s1. The van der Waals surface area contributed by atoms with E-state index in [-0.39, 0.29) is 31.6 Å². The maximum absolute atomic E-state index is 12.1. The van der Waals surface area contributed by atoms with Crippen molar-refractivity contribution in [1.29, 1.82) is 0 Å². The smallest absolute Gasteiger partial charge is 0.188 e. The number of aliphatic hydroxyl groups is 9. The Morgan fingerprint density at radius 1 is 0.862 bits per heavy atom. The van der Waals surface area contributed by atoms with Crippen molar-refractivity contribution in [3.05, 3.63) is 29.6 Å². The lowest BCUT2D eigenvalue weighted by molar-refractivity contribution is -0.314. The first kappa shape index (κ1) is 57.7. The summed E-state index contributed by atoms with van der Waals surface area (Å²) in [5.74, 6) is -1.03. The van der Waals surface area contributed by atoms with Gasteiger partial charge in [0.25, 0.3) is 0 Å². The van der Waals surface area contributed by atoms with Crippen molar-refractivity contribution in [3.63, 3.8) is 0 Å². The zero-order chi connectivity index (χ0) is 49.2. The Kier molecular flexibility index (Phi) is 24.9. The van der Waals surface area contributed by atoms with Crippen molar-refractivity contribution in [3.8, 4) is 0 Å². The third-order valence-electron chi connectivity index (χ3n) is 11.2. The van der Waals surface area contributed by atoms with Gasteiger partial charge < -0.3 is 110 Å². The number of aromatic nitrogens is 1. The fraction of sp³-hybridized carbons (Fsp3) is 0.769. The van der Waals surface area contributed by atoms with Gasteiger partial charge in [-0.2, -0.15) is 0 Å². The number of carbonyl (C=O) groups excluding carboxylic acids is 1. The summed E-state index contributed by atoms with van der Waals surface area (Å²) in [5, 5.41) is 101. The Hall–Kier alpha value is -3.39. The Bertz CT molecular complexity index is 1620. The van der Waals surface area contributed by atoms with E-state index >= 15 is 0 Å². The van der Waals surface area contributed by atoms with Crippen LogP contribution in [0.25, 0.3) is 0 Å². The first-order valence-corrected chi connectivity index (χ1v) is 21.7. The third-order valence-corrected chi connectivity index (χ3v) is 11.5. The van der Waals surface area contributed by atoms with E-state index < -0.39 is 110 Å². The Balaban J connectivity index is 0.000000470. The quantitative estimate of drug-likeness (QED) is 0.0190. The van der Waals surface area contributed by atoms with E-state index in [0.717, 1.165) is 43.6 Å². The lowest BCUT2D eigenvalue weighted by Gasteiger charge is -2.45. The van der Waals surface area contributed by atoms with E-state index in [1.165, 1.54) is 14.0 Å². The number of guanidine groups is 2. The summed E-state index contributed by atoms with van der Waals surface area (Å²) < 4.78 is 22.9. The second-order valence-corrected chi connectivity index (χ2v) is 16.1. The number of aliphatic imine (C=N–C) groups is 2. The van der Waals surface area contributed by atoms with Gasteiger partial charge in [-0.1, -0.05) is 33.0 Å². The van der Waals surface area contributed by atoms with Gasteiger partial charge in [-0.15, -0.1) is 0 Å². The van der Waals surface area contributed by atoms with E-state index in [2.05, 4.69) is 30.9 Å². The normalized spacial score (nSPS) is 34.1. The topological polar surface area (TPSA) is 440 Å². The molecule has 1 aromatic heterocycles. The Labute approximate surface area is 383 Å². The minimum Gasteiger partial charge on any atom is -0.395 e. The summed E-state index contributed by atoms with van der Waals surface area (Å²) in [6.45, 7) is 8.79. The van der Waals surface area contributed by atoms with Crippen LogP contribution >= 0.6 is 12.2 Å². The molecule has 0 aromatic carbocycles. The van der Waals surface area contributed by atoms with Crippen LogP contribution in [-0.4, -0.2) is 217 Å². The van der Waals surface area contributed by atoms with E-state index in [1.54, 1.807) is 6.20 Å². The van der Waals surface area contributed by atoms with Gasteiger partial charge in [0.15, 0.2) is 36.4 Å². The number of thiocarbonyl (C=S) groups is 1. The molecule has 2 saturated heterocycles. The Morgan fingerprint density at radius 2 is 1.43 bits per heavy atom. The third kappa shape index (κ3) is 15.9. The lowest BCUT2D eigenvalue weighted by atomic mass is 9.81. The van der Waals surface area contributed by atoms with Crippen LogP contribution in [0.4, 0.5) is 0 Å². The molecular weight excluding hydrogens is 879 g/mol. The van der Waals surface area contributed by atoms with Gasteiger partial charge in [0.1, 0.15) is 65.9 Å². The average molecular weight is 952 g/mol. The molecule has 2 aliphatic heterocycles. The average Bonchev–Trinajstić information content (AvgIpc) is 3.52. The zero-order valence-corrected chi connectivity index (χ0v) is 38.2. The number of nitrogens with zero attached hydrogens (tertiary/aromatic N) is 3. The predicted octanol–water partition coefficient (Wildman–Crippen LogP) is -7.18. The van der Waals surface area contributed by atoms with Crippen LogP contribution in [0.3, 0.4) is 0 Å². The van der Waals surface area contributed by atoms with E-state index in [0.29, 0.717) is 4.99 Å². The fourth-order valence-electron chi connectivity index (χ4n) is 7.13. The Morgan fingerprint density at radius 3 is 1.89 bits per heavy atom. The highest BCUT2D eigenvalue weighted by atomic mass is 32.1. The molecule has 0 radical (unpaired) electrons. The van der Waals surface area contributed by atoms with E-state index in [4.69, 9.17) is 70.0 Å². The summed E-state index contributed by atoms with van der Waals surface area (Å²) in [7, 11) is 1.42. The summed E-state index contributed by atoms with van der Waals surface area (Å²) in [6.07, 6.45) is -12.8. The van der Waals surface area contributed by atoms with Crippen LogP contribution in [0.2, 0.25) is 0 Å². The molecule has 1 saturated carbocycles. The molecule has 17 atom stereocenters. The summed E-state index contributed by atoms with van der Waals surface area (Å²) in [4.78, 5) is 24.2. The van der Waals surface area contributed by atoms with Crippen molar-refractivity contribution in [1.82, 2.24) is 20.9 Å². The van der Waals surface area contributed by atoms with Gasteiger partial charge in [0, 0.05) is 42.6 Å². The molecule has 0 unspecified atom stereocenters. The molecule has 3 aliphatic rings. The first-order chi connectivity index (χ1) is 30.7. The maximum Gasteiger partial charge on any atom is 0.188 e. The largest absolute Gasteiger partial charge is 0.395 e. The lowest BCUT2D eigenvalue weighted by Crippen LogP contribution is -2.66. The summed E-state index contributed by atoms with van der Waals surface area (Å²) >= 11 is 4.82. The molecule has 0 spiro atoms. The van der Waals surface area contributed by atoms with Gasteiger partial charge in [0.2, 0.25) is 0 Å². The number of nitrogens with one attached hydrogen (secondary N) is 3. The molecule has 3 fully saturated rings. The second kappa shape index (κ2) is 28.1. The van der Waals surface area contributed by atoms with Crippen LogP contribution in [0.5, 0.6) is 0 Å². The summed E-state index contributed by atoms with van der Waals surface area (Å²) in [6, 6.07) is 0.0587. The predicted molar refractivity (Wildman–Crippen MR) is 241 cm³/mol. The van der Waals surface area contributed by atoms with Crippen molar-refractivity contribution in [2.24, 2.45) is 38.7 Å². The van der Waals surface area contributed by atoms with Crippen molar-refractivity contribution in [2.45, 2.75) is 150 Å². The molecule has 374 valence electrons. The molecule has 3 heterocycles. The molecular formula is C39H73N11O14S. The van der Waals surface area contributed by atoms with Crippen LogP contribution in [0.15, 0.2) is 28.3 Å². The SMILES string of the molecule is CC[C@@H](CO)NCCN[C@@H](CC)CO.CCc1cc(C(N)=S)ccn1.CN[C@@H]1[C@H](O[C@H]2[C@H](O[C@H]3[C@H](O)[C@@H](O)[C@H](N=C(N)N)[C@@H](O)[C@@H]3N=C(N)N)O[C@@H](C)[C@]2(O)C=O)O[C@@H](CO)[C@H](O)[C@H]1O. The van der Waals surface area contributed by atoms with Crippen molar-refractivity contribution in [2.75, 3.05) is 40.0 Å². The number of aldehydes is 1. The molecule has 65 heavy (non-hydrogen) atoms. The number of ether oxygens (including phenoxy) is 4. The molecule has 0 bridgehead atoms. The molecule has 0 amide bonds. The minimum atomic E-state index is -2.38.